The number of nitrogens with zero attached hydrogens (tertiary/aromatic N) is 2. The molecule has 2 aromatic carbocycles. The molecule has 0 bridgehead atoms. The zero-order valence-electron chi connectivity index (χ0n) is 16.8. The predicted octanol–water partition coefficient (Wildman–Crippen LogP) is 5.05. The smallest absolute Gasteiger partial charge is 0.262 e. The van der Waals surface area contributed by atoms with Gasteiger partial charge in [-0.25, -0.2) is 21.1 Å². The molecule has 0 aromatic heterocycles. The first-order valence-electron chi connectivity index (χ1n) is 9.75. The second-order valence-corrected chi connectivity index (χ2v) is 12.6. The summed E-state index contributed by atoms with van der Waals surface area (Å²) in [5.74, 6) is -0.0323. The van der Waals surface area contributed by atoms with Gasteiger partial charge in [-0.05, 0) is 68.7 Å². The highest BCUT2D eigenvalue weighted by molar-refractivity contribution is 7.93. The van der Waals surface area contributed by atoms with Gasteiger partial charge in [-0.1, -0.05) is 34.8 Å². The minimum Gasteiger partial charge on any atom is -0.262 e. The summed E-state index contributed by atoms with van der Waals surface area (Å²) in [7, 11) is -7.33. The van der Waals surface area contributed by atoms with E-state index in [1.54, 1.807) is 13.0 Å². The Hall–Kier alpha value is -1.03. The highest BCUT2D eigenvalue weighted by atomic mass is 35.5. The summed E-state index contributed by atoms with van der Waals surface area (Å²) in [4.78, 5) is 0.0491. The molecule has 3 rings (SSSR count). The molecular formula is C20H23Cl3N2O4S2. The number of halogens is 3. The average Bonchev–Trinajstić information content (AvgIpc) is 2.63. The summed E-state index contributed by atoms with van der Waals surface area (Å²) in [6, 6.07) is 9.87. The van der Waals surface area contributed by atoms with E-state index in [0.717, 1.165) is 6.42 Å². The van der Waals surface area contributed by atoms with Crippen LogP contribution < -0.4 is 4.31 Å². The van der Waals surface area contributed by atoms with E-state index in [-0.39, 0.29) is 21.4 Å². The summed E-state index contributed by atoms with van der Waals surface area (Å²) < 4.78 is 54.4. The lowest BCUT2D eigenvalue weighted by Gasteiger charge is -2.32. The van der Waals surface area contributed by atoms with Crippen molar-refractivity contribution in [1.29, 1.82) is 0 Å². The Morgan fingerprint density at radius 3 is 2.16 bits per heavy atom. The third-order valence-electron chi connectivity index (χ3n) is 5.15. The first-order valence-corrected chi connectivity index (χ1v) is 13.9. The maximum atomic E-state index is 13.5. The zero-order valence-corrected chi connectivity index (χ0v) is 20.7. The molecule has 11 heteroatoms. The summed E-state index contributed by atoms with van der Waals surface area (Å²) in [5, 5.41) is 0.973. The van der Waals surface area contributed by atoms with Gasteiger partial charge in [0.1, 0.15) is 0 Å². The first kappa shape index (κ1) is 24.6. The molecule has 0 radical (unpaired) electrons. The maximum Gasteiger partial charge on any atom is 0.264 e. The van der Waals surface area contributed by atoms with Crippen molar-refractivity contribution in [2.24, 2.45) is 0 Å². The van der Waals surface area contributed by atoms with Crippen molar-refractivity contribution < 1.29 is 16.8 Å². The van der Waals surface area contributed by atoms with E-state index in [4.69, 9.17) is 34.8 Å². The van der Waals surface area contributed by atoms with Gasteiger partial charge < -0.3 is 0 Å². The summed E-state index contributed by atoms with van der Waals surface area (Å²) in [6.07, 6.45) is 1.50. The number of rotatable bonds is 9. The van der Waals surface area contributed by atoms with Crippen LogP contribution in [0.1, 0.15) is 26.2 Å². The standard InChI is InChI=1S/C20H23Cl3N2O4S2/c1-15(4-2-13-30(26,27)24-11-3-12-24)25(20-14-17(22)7-10-19(20)23)31(28,29)18-8-5-16(21)6-9-18/h5-10,14-15H,2-4,11-13H2,1H3. The molecule has 1 heterocycles. The van der Waals surface area contributed by atoms with Crippen molar-refractivity contribution in [1.82, 2.24) is 4.31 Å². The lowest BCUT2D eigenvalue weighted by atomic mass is 10.2. The summed E-state index contributed by atoms with van der Waals surface area (Å²) in [5.41, 5.74) is 0.238. The van der Waals surface area contributed by atoms with Gasteiger partial charge >= 0.3 is 0 Å². The van der Waals surface area contributed by atoms with Crippen LogP contribution in [-0.2, 0) is 20.0 Å². The lowest BCUT2D eigenvalue weighted by molar-refractivity contribution is 0.309. The van der Waals surface area contributed by atoms with Crippen LogP contribution in [0, 0.1) is 0 Å². The fourth-order valence-electron chi connectivity index (χ4n) is 3.35. The van der Waals surface area contributed by atoms with Crippen LogP contribution in [0.2, 0.25) is 15.1 Å². The molecule has 1 aliphatic rings. The highest BCUT2D eigenvalue weighted by Gasteiger charge is 2.32. The van der Waals surface area contributed by atoms with Crippen molar-refractivity contribution >= 4 is 60.5 Å². The normalized spacial score (nSPS) is 16.0. The molecule has 0 N–H and O–H groups in total. The van der Waals surface area contributed by atoms with E-state index < -0.39 is 26.1 Å². The molecule has 31 heavy (non-hydrogen) atoms. The molecular weight excluding hydrogens is 503 g/mol. The van der Waals surface area contributed by atoms with Crippen molar-refractivity contribution in [2.75, 3.05) is 23.1 Å². The number of hydrogen-bond acceptors (Lipinski definition) is 4. The SMILES string of the molecule is CC(CCCS(=O)(=O)N1CCC1)N(c1cc(Cl)ccc1Cl)S(=O)(=O)c1ccc(Cl)cc1. The fourth-order valence-corrected chi connectivity index (χ4v) is 7.20. The summed E-state index contributed by atoms with van der Waals surface area (Å²) in [6.45, 7) is 2.82. The molecule has 0 spiro atoms. The average molecular weight is 526 g/mol. The number of sulfonamides is 2. The molecule has 1 saturated heterocycles. The quantitative estimate of drug-likeness (QED) is 0.459. The van der Waals surface area contributed by atoms with Crippen LogP contribution in [0.25, 0.3) is 0 Å². The monoisotopic (exact) mass is 524 g/mol. The van der Waals surface area contributed by atoms with E-state index in [2.05, 4.69) is 0 Å². The van der Waals surface area contributed by atoms with Crippen molar-refractivity contribution in [2.45, 2.75) is 37.1 Å². The van der Waals surface area contributed by atoms with Gasteiger partial charge in [0.15, 0.2) is 0 Å². The van der Waals surface area contributed by atoms with Gasteiger partial charge in [0.05, 0.1) is 21.4 Å². The van der Waals surface area contributed by atoms with Gasteiger partial charge in [-0.2, -0.15) is 0 Å². The molecule has 1 atom stereocenters. The van der Waals surface area contributed by atoms with Crippen LogP contribution in [0.5, 0.6) is 0 Å². The first-order chi connectivity index (χ1) is 14.5. The predicted molar refractivity (Wildman–Crippen MR) is 126 cm³/mol. The Labute approximate surface area is 198 Å². The van der Waals surface area contributed by atoms with Gasteiger partial charge in [-0.15, -0.1) is 0 Å². The third-order valence-corrected chi connectivity index (χ3v) is 9.85. The molecule has 1 aliphatic heterocycles. The molecule has 2 aromatic rings. The second kappa shape index (κ2) is 9.85. The molecule has 1 unspecified atom stereocenters. The number of benzene rings is 2. The largest absolute Gasteiger partial charge is 0.264 e. The van der Waals surface area contributed by atoms with E-state index in [9.17, 15) is 16.8 Å². The van der Waals surface area contributed by atoms with Gasteiger partial charge in [-0.3, -0.25) is 4.31 Å². The maximum absolute atomic E-state index is 13.5. The Kier molecular flexibility index (Phi) is 7.82. The molecule has 6 nitrogen and oxygen atoms in total. The molecule has 0 saturated carbocycles. The number of hydrogen-bond donors (Lipinski definition) is 0. The third kappa shape index (κ3) is 5.67. The Morgan fingerprint density at radius 2 is 1.58 bits per heavy atom. The van der Waals surface area contributed by atoms with E-state index >= 15 is 0 Å². The molecule has 1 fully saturated rings. The topological polar surface area (TPSA) is 74.8 Å². The van der Waals surface area contributed by atoms with E-state index in [1.807, 2.05) is 0 Å². The molecule has 170 valence electrons. The van der Waals surface area contributed by atoms with Crippen LogP contribution in [0.3, 0.4) is 0 Å². The second-order valence-electron chi connectivity index (χ2n) is 7.41. The van der Waals surface area contributed by atoms with Crippen LogP contribution in [0.4, 0.5) is 5.69 Å². The zero-order chi connectivity index (χ0) is 22.8. The fraction of sp³-hybridized carbons (Fsp3) is 0.400. The molecule has 0 aliphatic carbocycles. The van der Waals surface area contributed by atoms with Crippen molar-refractivity contribution in [3.05, 3.63) is 57.5 Å². The van der Waals surface area contributed by atoms with Crippen molar-refractivity contribution in [3.8, 4) is 0 Å². The van der Waals surface area contributed by atoms with Gasteiger partial charge in [0.25, 0.3) is 10.0 Å². The Morgan fingerprint density at radius 1 is 0.968 bits per heavy atom. The van der Waals surface area contributed by atoms with Crippen LogP contribution in [-0.4, -0.2) is 46.0 Å². The minimum atomic E-state index is -4.01. The van der Waals surface area contributed by atoms with E-state index in [0.29, 0.717) is 36.0 Å². The highest BCUT2D eigenvalue weighted by Crippen LogP contribution is 2.35. The van der Waals surface area contributed by atoms with Gasteiger partial charge in [0.2, 0.25) is 10.0 Å². The lowest BCUT2D eigenvalue weighted by Crippen LogP contribution is -2.43. The summed E-state index contributed by atoms with van der Waals surface area (Å²) >= 11 is 18.4. The van der Waals surface area contributed by atoms with Gasteiger partial charge in [0, 0.05) is 29.2 Å². The number of anilines is 1. The van der Waals surface area contributed by atoms with Crippen LogP contribution in [0.15, 0.2) is 47.4 Å². The Balaban J connectivity index is 1.90. The Bertz CT molecular complexity index is 1140. The van der Waals surface area contributed by atoms with Crippen molar-refractivity contribution in [3.63, 3.8) is 0 Å². The minimum absolute atomic E-state index is 0.0323. The molecule has 0 amide bonds. The van der Waals surface area contributed by atoms with Crippen LogP contribution >= 0.6 is 34.8 Å². The van der Waals surface area contributed by atoms with E-state index in [1.165, 1.54) is 45.0 Å².